The Labute approximate surface area is 155 Å². The number of urea groups is 1. The molecule has 3 rings (SSSR count). The first-order chi connectivity index (χ1) is 12.7. The number of carbonyl (C=O) groups is 1. The second-order valence-corrected chi connectivity index (χ2v) is 6.89. The van der Waals surface area contributed by atoms with Gasteiger partial charge in [0.2, 0.25) is 0 Å². The fourth-order valence-corrected chi connectivity index (χ4v) is 3.30. The molecule has 2 aromatic carbocycles. The van der Waals surface area contributed by atoms with Crippen molar-refractivity contribution in [1.29, 1.82) is 0 Å². The molecule has 0 bridgehead atoms. The Morgan fingerprint density at radius 1 is 1.08 bits per heavy atom. The van der Waals surface area contributed by atoms with Crippen LogP contribution in [0.4, 0.5) is 4.79 Å². The van der Waals surface area contributed by atoms with Crippen molar-refractivity contribution in [3.63, 3.8) is 0 Å². The summed E-state index contributed by atoms with van der Waals surface area (Å²) in [5.41, 5.74) is 9.20. The van der Waals surface area contributed by atoms with E-state index in [2.05, 4.69) is 40.4 Å². The van der Waals surface area contributed by atoms with Gasteiger partial charge in [-0.15, -0.1) is 0 Å². The Balaban J connectivity index is 1.33. The Morgan fingerprint density at radius 2 is 1.77 bits per heavy atom. The number of benzene rings is 2. The lowest BCUT2D eigenvalue weighted by atomic mass is 10.00. The van der Waals surface area contributed by atoms with Gasteiger partial charge in [0.15, 0.2) is 0 Å². The molecule has 2 atom stereocenters. The van der Waals surface area contributed by atoms with Crippen molar-refractivity contribution in [3.05, 3.63) is 71.8 Å². The first-order valence-electron chi connectivity index (χ1n) is 9.31. The fourth-order valence-electron chi connectivity index (χ4n) is 3.30. The van der Waals surface area contributed by atoms with E-state index in [0.29, 0.717) is 18.6 Å². The minimum Gasteiger partial charge on any atom is -0.334 e. The normalized spacial score (nSPS) is 19.3. The van der Waals surface area contributed by atoms with Crippen LogP contribution in [0.15, 0.2) is 60.7 Å². The van der Waals surface area contributed by atoms with E-state index in [4.69, 9.17) is 0 Å². The molecule has 0 aromatic heterocycles. The molecule has 2 aromatic rings. The molecule has 5 heteroatoms. The first kappa shape index (κ1) is 18.4. The van der Waals surface area contributed by atoms with Crippen molar-refractivity contribution in [2.75, 3.05) is 13.6 Å². The van der Waals surface area contributed by atoms with Crippen molar-refractivity contribution in [1.82, 2.24) is 21.1 Å². The summed E-state index contributed by atoms with van der Waals surface area (Å²) in [6, 6.07) is 21.3. The number of hydrazine groups is 1. The lowest BCUT2D eigenvalue weighted by Crippen LogP contribution is -2.38. The molecule has 5 nitrogen and oxygen atoms in total. The van der Waals surface area contributed by atoms with Gasteiger partial charge in [0, 0.05) is 32.2 Å². The summed E-state index contributed by atoms with van der Waals surface area (Å²) < 4.78 is 0. The standard InChI is InChI=1S/C21H28N4O/c1-25(21(26)22-16-17-9-4-2-5-10-17)14-8-13-19-15-20(24-23-19)18-11-6-3-7-12-18/h2-7,9-12,19-20,23-24H,8,13-16H2,1H3,(H,22,26). The first-order valence-corrected chi connectivity index (χ1v) is 9.31. The van der Waals surface area contributed by atoms with Gasteiger partial charge < -0.3 is 10.2 Å². The molecule has 0 radical (unpaired) electrons. The van der Waals surface area contributed by atoms with Gasteiger partial charge >= 0.3 is 6.03 Å². The summed E-state index contributed by atoms with van der Waals surface area (Å²) in [5, 5.41) is 2.96. The van der Waals surface area contributed by atoms with E-state index < -0.39 is 0 Å². The van der Waals surface area contributed by atoms with Crippen LogP contribution in [0.1, 0.15) is 36.4 Å². The molecule has 1 heterocycles. The van der Waals surface area contributed by atoms with Gasteiger partial charge in [0.05, 0.1) is 0 Å². The Bertz CT molecular complexity index is 677. The zero-order valence-electron chi connectivity index (χ0n) is 15.3. The molecule has 2 unspecified atom stereocenters. The van der Waals surface area contributed by atoms with Gasteiger partial charge in [-0.2, -0.15) is 0 Å². The SMILES string of the molecule is CN(CCCC1CC(c2ccccc2)NN1)C(=O)NCc1ccccc1. The minimum atomic E-state index is -0.0199. The third-order valence-corrected chi connectivity index (χ3v) is 4.86. The van der Waals surface area contributed by atoms with Crippen LogP contribution in [-0.4, -0.2) is 30.6 Å². The van der Waals surface area contributed by atoms with Crippen molar-refractivity contribution in [3.8, 4) is 0 Å². The van der Waals surface area contributed by atoms with Crippen LogP contribution >= 0.6 is 0 Å². The number of nitrogens with one attached hydrogen (secondary N) is 3. The van der Waals surface area contributed by atoms with Gasteiger partial charge in [0.25, 0.3) is 0 Å². The number of hydrogen-bond acceptors (Lipinski definition) is 3. The highest BCUT2D eigenvalue weighted by molar-refractivity contribution is 5.73. The van der Waals surface area contributed by atoms with Crippen molar-refractivity contribution in [2.45, 2.75) is 37.9 Å². The van der Waals surface area contributed by atoms with Crippen molar-refractivity contribution in [2.24, 2.45) is 0 Å². The predicted octanol–water partition coefficient (Wildman–Crippen LogP) is 3.22. The van der Waals surface area contributed by atoms with Crippen LogP contribution in [0.2, 0.25) is 0 Å². The molecular formula is C21H28N4O. The van der Waals surface area contributed by atoms with Crippen LogP contribution in [0.25, 0.3) is 0 Å². The highest BCUT2D eigenvalue weighted by Crippen LogP contribution is 2.23. The molecule has 3 N–H and O–H groups in total. The van der Waals surface area contributed by atoms with E-state index in [1.807, 2.05) is 43.4 Å². The van der Waals surface area contributed by atoms with Crippen LogP contribution in [0.5, 0.6) is 0 Å². The topological polar surface area (TPSA) is 56.4 Å². The molecule has 0 saturated carbocycles. The molecule has 1 fully saturated rings. The average Bonchev–Trinajstić information content (AvgIpc) is 3.16. The maximum absolute atomic E-state index is 12.2. The minimum absolute atomic E-state index is 0.0199. The summed E-state index contributed by atoms with van der Waals surface area (Å²) >= 11 is 0. The lowest BCUT2D eigenvalue weighted by Gasteiger charge is -2.19. The number of amides is 2. The van der Waals surface area contributed by atoms with Gasteiger partial charge in [0.1, 0.15) is 0 Å². The highest BCUT2D eigenvalue weighted by Gasteiger charge is 2.24. The molecule has 1 aliphatic heterocycles. The molecule has 0 aliphatic carbocycles. The van der Waals surface area contributed by atoms with Crippen molar-refractivity contribution < 1.29 is 4.79 Å². The summed E-state index contributed by atoms with van der Waals surface area (Å²) in [7, 11) is 1.85. The molecule has 138 valence electrons. The molecule has 2 amide bonds. The van der Waals surface area contributed by atoms with Gasteiger partial charge in [-0.1, -0.05) is 60.7 Å². The molecule has 26 heavy (non-hydrogen) atoms. The number of nitrogens with zero attached hydrogens (tertiary/aromatic N) is 1. The predicted molar refractivity (Wildman–Crippen MR) is 104 cm³/mol. The summed E-state index contributed by atoms with van der Waals surface area (Å²) in [4.78, 5) is 13.9. The Morgan fingerprint density at radius 3 is 2.50 bits per heavy atom. The van der Waals surface area contributed by atoms with Crippen molar-refractivity contribution >= 4 is 6.03 Å². The monoisotopic (exact) mass is 352 g/mol. The summed E-state index contributed by atoms with van der Waals surface area (Å²) in [6.07, 6.45) is 3.11. The van der Waals surface area contributed by atoms with Gasteiger partial charge in [-0.05, 0) is 30.4 Å². The lowest BCUT2D eigenvalue weighted by molar-refractivity contribution is 0.207. The molecule has 1 saturated heterocycles. The van der Waals surface area contributed by atoms with Crippen LogP contribution in [0, 0.1) is 0 Å². The van der Waals surface area contributed by atoms with Crippen LogP contribution in [-0.2, 0) is 6.54 Å². The van der Waals surface area contributed by atoms with Gasteiger partial charge in [-0.3, -0.25) is 10.9 Å². The van der Waals surface area contributed by atoms with E-state index in [1.54, 1.807) is 4.90 Å². The summed E-state index contributed by atoms with van der Waals surface area (Å²) in [6.45, 7) is 1.33. The van der Waals surface area contributed by atoms with E-state index in [9.17, 15) is 4.79 Å². The number of rotatable bonds is 7. The van der Waals surface area contributed by atoms with E-state index in [0.717, 1.165) is 31.4 Å². The fraction of sp³-hybridized carbons (Fsp3) is 0.381. The smallest absolute Gasteiger partial charge is 0.317 e. The average molecular weight is 352 g/mol. The van der Waals surface area contributed by atoms with Gasteiger partial charge in [-0.25, -0.2) is 4.79 Å². The molecule has 0 spiro atoms. The number of carbonyl (C=O) groups excluding carboxylic acids is 1. The highest BCUT2D eigenvalue weighted by atomic mass is 16.2. The van der Waals surface area contributed by atoms with E-state index in [1.165, 1.54) is 5.56 Å². The van der Waals surface area contributed by atoms with Crippen LogP contribution < -0.4 is 16.2 Å². The third kappa shape index (κ3) is 5.31. The quantitative estimate of drug-likeness (QED) is 0.717. The second kappa shape index (κ2) is 9.36. The zero-order valence-corrected chi connectivity index (χ0v) is 15.3. The summed E-state index contributed by atoms with van der Waals surface area (Å²) in [5.74, 6) is 0. The third-order valence-electron chi connectivity index (χ3n) is 4.86. The Kier molecular flexibility index (Phi) is 6.63. The number of hydrogen-bond donors (Lipinski definition) is 3. The molecular weight excluding hydrogens is 324 g/mol. The van der Waals surface area contributed by atoms with E-state index in [-0.39, 0.29) is 6.03 Å². The van der Waals surface area contributed by atoms with E-state index >= 15 is 0 Å². The Hall–Kier alpha value is -2.37. The maximum Gasteiger partial charge on any atom is 0.317 e. The largest absolute Gasteiger partial charge is 0.334 e. The zero-order chi connectivity index (χ0) is 18.2. The second-order valence-electron chi connectivity index (χ2n) is 6.89. The van der Waals surface area contributed by atoms with Crippen LogP contribution in [0.3, 0.4) is 0 Å². The maximum atomic E-state index is 12.2. The molecule has 1 aliphatic rings.